The largest absolute Gasteiger partial charge is 0.307 e. The molecule has 4 nitrogen and oxygen atoms in total. The van der Waals surface area contributed by atoms with Gasteiger partial charge in [-0.05, 0) is 38.2 Å². The summed E-state index contributed by atoms with van der Waals surface area (Å²) in [5.41, 5.74) is 1.26. The van der Waals surface area contributed by atoms with Crippen LogP contribution in [0.1, 0.15) is 57.6 Å². The predicted octanol–water partition coefficient (Wildman–Crippen LogP) is 4.21. The SMILES string of the molecule is CC(NC(C)C1CCCCC1)c1ccc([N+](=O)[O-])cc1. The molecule has 0 saturated heterocycles. The lowest BCUT2D eigenvalue weighted by molar-refractivity contribution is -0.384. The summed E-state index contributed by atoms with van der Waals surface area (Å²) in [5.74, 6) is 0.768. The second-order valence-electron chi connectivity index (χ2n) is 5.92. The molecule has 0 bridgehead atoms. The van der Waals surface area contributed by atoms with E-state index < -0.39 is 0 Å². The molecule has 2 rings (SSSR count). The molecular formula is C16H24N2O2. The van der Waals surface area contributed by atoms with Crippen molar-refractivity contribution in [2.75, 3.05) is 0 Å². The molecule has 1 aliphatic carbocycles. The average molecular weight is 276 g/mol. The molecule has 1 aromatic rings. The minimum Gasteiger partial charge on any atom is -0.307 e. The molecule has 0 radical (unpaired) electrons. The van der Waals surface area contributed by atoms with Crippen molar-refractivity contribution in [2.45, 2.75) is 58.0 Å². The van der Waals surface area contributed by atoms with E-state index in [1.807, 2.05) is 12.1 Å². The zero-order valence-electron chi connectivity index (χ0n) is 12.3. The Kier molecular flexibility index (Phi) is 5.12. The molecule has 1 N–H and O–H groups in total. The van der Waals surface area contributed by atoms with Gasteiger partial charge in [0.15, 0.2) is 0 Å². The van der Waals surface area contributed by atoms with Gasteiger partial charge in [0.25, 0.3) is 5.69 Å². The number of non-ortho nitro benzene ring substituents is 1. The number of nitro benzene ring substituents is 1. The zero-order valence-corrected chi connectivity index (χ0v) is 12.3. The second kappa shape index (κ2) is 6.84. The van der Waals surface area contributed by atoms with Gasteiger partial charge in [-0.3, -0.25) is 10.1 Å². The van der Waals surface area contributed by atoms with Crippen molar-refractivity contribution < 1.29 is 4.92 Å². The van der Waals surface area contributed by atoms with E-state index in [1.165, 1.54) is 32.1 Å². The minimum absolute atomic E-state index is 0.154. The summed E-state index contributed by atoms with van der Waals surface area (Å²) in [6.45, 7) is 4.39. The molecular weight excluding hydrogens is 252 g/mol. The molecule has 0 amide bonds. The summed E-state index contributed by atoms with van der Waals surface area (Å²) in [6.07, 6.45) is 6.72. The van der Waals surface area contributed by atoms with Gasteiger partial charge >= 0.3 is 0 Å². The van der Waals surface area contributed by atoms with E-state index in [-0.39, 0.29) is 16.7 Å². The highest BCUT2D eigenvalue weighted by Gasteiger charge is 2.21. The minimum atomic E-state index is -0.355. The van der Waals surface area contributed by atoms with Crippen LogP contribution in [0.3, 0.4) is 0 Å². The van der Waals surface area contributed by atoms with Gasteiger partial charge in [0.1, 0.15) is 0 Å². The Morgan fingerprint density at radius 1 is 1.15 bits per heavy atom. The topological polar surface area (TPSA) is 55.2 Å². The standard InChI is InChI=1S/C16H24N2O2/c1-12(14-6-4-3-5-7-14)17-13(2)15-8-10-16(11-9-15)18(19)20/h8-14,17H,3-7H2,1-2H3. The fraction of sp³-hybridized carbons (Fsp3) is 0.625. The van der Waals surface area contributed by atoms with Crippen LogP contribution in [0, 0.1) is 16.0 Å². The summed E-state index contributed by atoms with van der Waals surface area (Å²) in [5, 5.41) is 14.3. The molecule has 1 fully saturated rings. The summed E-state index contributed by atoms with van der Waals surface area (Å²) in [6, 6.07) is 7.60. The summed E-state index contributed by atoms with van der Waals surface area (Å²) in [7, 11) is 0. The van der Waals surface area contributed by atoms with Crippen molar-refractivity contribution in [2.24, 2.45) is 5.92 Å². The third kappa shape index (κ3) is 3.79. The highest BCUT2D eigenvalue weighted by molar-refractivity contribution is 5.34. The summed E-state index contributed by atoms with van der Waals surface area (Å²) < 4.78 is 0. The smallest absolute Gasteiger partial charge is 0.269 e. The van der Waals surface area contributed by atoms with Gasteiger partial charge in [0.2, 0.25) is 0 Å². The van der Waals surface area contributed by atoms with E-state index in [0.717, 1.165) is 11.5 Å². The van der Waals surface area contributed by atoms with Crippen LogP contribution in [0.5, 0.6) is 0 Å². The highest BCUT2D eigenvalue weighted by Crippen LogP contribution is 2.28. The maximum atomic E-state index is 10.7. The van der Waals surface area contributed by atoms with Gasteiger partial charge in [-0.2, -0.15) is 0 Å². The van der Waals surface area contributed by atoms with Crippen LogP contribution >= 0.6 is 0 Å². The number of nitrogens with zero attached hydrogens (tertiary/aromatic N) is 1. The Morgan fingerprint density at radius 2 is 1.75 bits per heavy atom. The fourth-order valence-electron chi connectivity index (χ4n) is 3.15. The first-order valence-electron chi connectivity index (χ1n) is 7.58. The Morgan fingerprint density at radius 3 is 2.30 bits per heavy atom. The van der Waals surface area contributed by atoms with Crippen molar-refractivity contribution in [1.82, 2.24) is 5.32 Å². The van der Waals surface area contributed by atoms with E-state index in [4.69, 9.17) is 0 Å². The van der Waals surface area contributed by atoms with Crippen molar-refractivity contribution in [3.8, 4) is 0 Å². The third-order valence-electron chi connectivity index (χ3n) is 4.47. The predicted molar refractivity (Wildman–Crippen MR) is 80.7 cm³/mol. The van der Waals surface area contributed by atoms with E-state index in [2.05, 4.69) is 19.2 Å². The van der Waals surface area contributed by atoms with Crippen LogP contribution in [0.2, 0.25) is 0 Å². The molecule has 110 valence electrons. The van der Waals surface area contributed by atoms with Crippen molar-refractivity contribution in [1.29, 1.82) is 0 Å². The van der Waals surface area contributed by atoms with E-state index in [1.54, 1.807) is 12.1 Å². The first-order valence-corrected chi connectivity index (χ1v) is 7.58. The quantitative estimate of drug-likeness (QED) is 0.647. The van der Waals surface area contributed by atoms with Crippen LogP contribution in [0.25, 0.3) is 0 Å². The molecule has 0 spiro atoms. The molecule has 20 heavy (non-hydrogen) atoms. The summed E-state index contributed by atoms with van der Waals surface area (Å²) >= 11 is 0. The van der Waals surface area contributed by atoms with Gasteiger partial charge in [0, 0.05) is 24.2 Å². The number of benzene rings is 1. The van der Waals surface area contributed by atoms with E-state index >= 15 is 0 Å². The second-order valence-corrected chi connectivity index (χ2v) is 5.92. The maximum absolute atomic E-state index is 10.7. The molecule has 1 aromatic carbocycles. The molecule has 2 atom stereocenters. The van der Waals surface area contributed by atoms with Crippen molar-refractivity contribution >= 4 is 5.69 Å². The third-order valence-corrected chi connectivity index (χ3v) is 4.47. The Balaban J connectivity index is 1.93. The lowest BCUT2D eigenvalue weighted by Gasteiger charge is -2.30. The first-order chi connectivity index (χ1) is 9.58. The van der Waals surface area contributed by atoms with Gasteiger partial charge in [-0.15, -0.1) is 0 Å². The van der Waals surface area contributed by atoms with E-state index in [0.29, 0.717) is 6.04 Å². The van der Waals surface area contributed by atoms with Crippen LogP contribution in [-0.4, -0.2) is 11.0 Å². The normalized spacial score (nSPS) is 19.5. The fourth-order valence-corrected chi connectivity index (χ4v) is 3.15. The molecule has 0 heterocycles. The molecule has 0 aliphatic heterocycles. The Bertz CT molecular complexity index is 438. The van der Waals surface area contributed by atoms with Gasteiger partial charge in [-0.1, -0.05) is 31.4 Å². The monoisotopic (exact) mass is 276 g/mol. The molecule has 1 saturated carbocycles. The first kappa shape index (κ1) is 15.0. The van der Waals surface area contributed by atoms with Crippen LogP contribution < -0.4 is 5.32 Å². The number of nitro groups is 1. The summed E-state index contributed by atoms with van der Waals surface area (Å²) in [4.78, 5) is 10.3. The number of hydrogen-bond acceptors (Lipinski definition) is 3. The van der Waals surface area contributed by atoms with Gasteiger partial charge < -0.3 is 5.32 Å². The number of nitrogens with one attached hydrogen (secondary N) is 1. The van der Waals surface area contributed by atoms with Gasteiger partial charge in [-0.25, -0.2) is 0 Å². The Hall–Kier alpha value is -1.42. The van der Waals surface area contributed by atoms with E-state index in [9.17, 15) is 10.1 Å². The van der Waals surface area contributed by atoms with Crippen LogP contribution in [-0.2, 0) is 0 Å². The lowest BCUT2D eigenvalue weighted by atomic mass is 9.84. The maximum Gasteiger partial charge on any atom is 0.269 e. The molecule has 1 aliphatic rings. The number of hydrogen-bond donors (Lipinski definition) is 1. The molecule has 2 unspecified atom stereocenters. The molecule has 0 aromatic heterocycles. The van der Waals surface area contributed by atoms with Crippen molar-refractivity contribution in [3.63, 3.8) is 0 Å². The number of rotatable bonds is 5. The highest BCUT2D eigenvalue weighted by atomic mass is 16.6. The van der Waals surface area contributed by atoms with Gasteiger partial charge in [0.05, 0.1) is 4.92 Å². The van der Waals surface area contributed by atoms with Crippen LogP contribution in [0.4, 0.5) is 5.69 Å². The lowest BCUT2D eigenvalue weighted by Crippen LogP contribution is -2.36. The van der Waals surface area contributed by atoms with Crippen LogP contribution in [0.15, 0.2) is 24.3 Å². The zero-order chi connectivity index (χ0) is 14.5. The average Bonchev–Trinajstić information content (AvgIpc) is 2.48. The van der Waals surface area contributed by atoms with Crippen molar-refractivity contribution in [3.05, 3.63) is 39.9 Å². The molecule has 4 heteroatoms. The Labute approximate surface area is 120 Å².